The van der Waals surface area contributed by atoms with Crippen LogP contribution in [0.25, 0.3) is 66.1 Å². The molecule has 0 bridgehead atoms. The zero-order valence-corrected chi connectivity index (χ0v) is 26.3. The molecule has 0 unspecified atom stereocenters. The molecule has 0 spiro atoms. The van der Waals surface area contributed by atoms with Crippen LogP contribution in [0.5, 0.6) is 0 Å². The van der Waals surface area contributed by atoms with E-state index in [2.05, 4.69) is 187 Å². The quantitative estimate of drug-likeness (QED) is 0.185. The molecule has 1 aromatic heterocycles. The second-order valence-electron chi connectivity index (χ2n) is 12.2. The number of hydrogen-bond acceptors (Lipinski definition) is 2. The van der Waals surface area contributed by atoms with Crippen LogP contribution in [0, 0.1) is 0 Å². The van der Waals surface area contributed by atoms with Crippen molar-refractivity contribution in [2.45, 2.75) is 0 Å². The molecule has 0 aliphatic heterocycles. The first-order valence-electron chi connectivity index (χ1n) is 16.3. The van der Waals surface area contributed by atoms with E-state index < -0.39 is 0 Å². The van der Waals surface area contributed by atoms with Crippen molar-refractivity contribution in [3.63, 3.8) is 0 Å². The molecule has 226 valence electrons. The molecule has 2 nitrogen and oxygen atoms in total. The highest BCUT2D eigenvalue weighted by Crippen LogP contribution is 2.42. The van der Waals surface area contributed by atoms with Crippen molar-refractivity contribution < 1.29 is 4.42 Å². The molecule has 0 radical (unpaired) electrons. The van der Waals surface area contributed by atoms with Gasteiger partial charge in [0.15, 0.2) is 0 Å². The largest absolute Gasteiger partial charge is 0.456 e. The molecule has 0 N–H and O–H groups in total. The van der Waals surface area contributed by atoms with Crippen molar-refractivity contribution in [1.29, 1.82) is 0 Å². The van der Waals surface area contributed by atoms with E-state index in [1.165, 1.54) is 49.5 Å². The fraction of sp³-hybridized carbons (Fsp3) is 0. The third-order valence-corrected chi connectivity index (χ3v) is 9.25. The summed E-state index contributed by atoms with van der Waals surface area (Å²) in [6.07, 6.45) is 0. The molecule has 0 fully saturated rings. The summed E-state index contributed by atoms with van der Waals surface area (Å²) in [5, 5.41) is 4.72. The summed E-state index contributed by atoms with van der Waals surface area (Å²) in [5.74, 6) is 0. The zero-order valence-electron chi connectivity index (χ0n) is 26.3. The lowest BCUT2D eigenvalue weighted by molar-refractivity contribution is 0.669. The van der Waals surface area contributed by atoms with Gasteiger partial charge in [0, 0.05) is 27.8 Å². The van der Waals surface area contributed by atoms with E-state index in [1.54, 1.807) is 0 Å². The highest BCUT2D eigenvalue weighted by atomic mass is 16.3. The first kappa shape index (κ1) is 27.9. The van der Waals surface area contributed by atoms with E-state index in [0.29, 0.717) is 0 Å². The summed E-state index contributed by atoms with van der Waals surface area (Å²) in [4.78, 5) is 2.32. The van der Waals surface area contributed by atoms with Gasteiger partial charge in [-0.3, -0.25) is 0 Å². The molecule has 1 heterocycles. The first-order valence-corrected chi connectivity index (χ1v) is 16.3. The molecule has 2 heteroatoms. The monoisotopic (exact) mass is 613 g/mol. The Bertz CT molecular complexity index is 2530. The van der Waals surface area contributed by atoms with Crippen LogP contribution in [0.4, 0.5) is 17.1 Å². The molecule has 8 aromatic carbocycles. The minimum atomic E-state index is 0.913. The van der Waals surface area contributed by atoms with E-state index in [9.17, 15) is 0 Å². The van der Waals surface area contributed by atoms with E-state index in [-0.39, 0.29) is 0 Å². The fourth-order valence-corrected chi connectivity index (χ4v) is 6.96. The van der Waals surface area contributed by atoms with Crippen LogP contribution in [0.1, 0.15) is 0 Å². The van der Waals surface area contributed by atoms with Crippen molar-refractivity contribution in [2.24, 2.45) is 0 Å². The van der Waals surface area contributed by atoms with Crippen molar-refractivity contribution in [3.05, 3.63) is 188 Å². The van der Waals surface area contributed by atoms with Crippen LogP contribution in [0.15, 0.2) is 192 Å². The maximum absolute atomic E-state index is 6.37. The van der Waals surface area contributed by atoms with Crippen LogP contribution in [0.2, 0.25) is 0 Å². The van der Waals surface area contributed by atoms with E-state index in [4.69, 9.17) is 4.42 Å². The Labute approximate surface area is 279 Å². The maximum atomic E-state index is 6.37. The topological polar surface area (TPSA) is 16.4 Å². The lowest BCUT2D eigenvalue weighted by Crippen LogP contribution is -2.09. The second kappa shape index (κ2) is 11.8. The van der Waals surface area contributed by atoms with Crippen LogP contribution >= 0.6 is 0 Å². The molecule has 0 saturated carbocycles. The van der Waals surface area contributed by atoms with Gasteiger partial charge in [0.2, 0.25) is 0 Å². The van der Waals surface area contributed by atoms with Gasteiger partial charge in [-0.2, -0.15) is 0 Å². The van der Waals surface area contributed by atoms with E-state index >= 15 is 0 Å². The molecule has 0 aliphatic carbocycles. The Hall–Kier alpha value is -6.38. The molecule has 0 amide bonds. The number of benzene rings is 8. The Balaban J connectivity index is 1.16. The molecule has 0 atom stereocenters. The molecule has 9 aromatic rings. The fourth-order valence-electron chi connectivity index (χ4n) is 6.96. The van der Waals surface area contributed by atoms with Gasteiger partial charge in [-0.1, -0.05) is 133 Å². The lowest BCUT2D eigenvalue weighted by atomic mass is 9.92. The Morgan fingerprint density at radius 3 is 1.65 bits per heavy atom. The number of nitrogens with zero attached hydrogens (tertiary/aromatic N) is 1. The van der Waals surface area contributed by atoms with Gasteiger partial charge in [-0.05, 0) is 98.8 Å². The summed E-state index contributed by atoms with van der Waals surface area (Å²) < 4.78 is 6.37. The van der Waals surface area contributed by atoms with Crippen molar-refractivity contribution >= 4 is 49.8 Å². The first-order chi connectivity index (χ1) is 23.8. The number of furan rings is 1. The number of hydrogen-bond donors (Lipinski definition) is 0. The Morgan fingerprint density at radius 1 is 0.312 bits per heavy atom. The van der Waals surface area contributed by atoms with Gasteiger partial charge in [0.05, 0.1) is 0 Å². The predicted molar refractivity (Wildman–Crippen MR) is 202 cm³/mol. The van der Waals surface area contributed by atoms with Gasteiger partial charge in [-0.15, -0.1) is 0 Å². The number of rotatable bonds is 6. The number of fused-ring (bicyclic) bond motifs is 5. The normalized spacial score (nSPS) is 11.3. The van der Waals surface area contributed by atoms with Crippen molar-refractivity contribution in [2.75, 3.05) is 4.90 Å². The summed E-state index contributed by atoms with van der Waals surface area (Å²) in [5.41, 5.74) is 12.2. The number of para-hydroxylation sites is 2. The molecular weight excluding hydrogens is 583 g/mol. The summed E-state index contributed by atoms with van der Waals surface area (Å²) in [7, 11) is 0. The maximum Gasteiger partial charge on any atom is 0.136 e. The summed E-state index contributed by atoms with van der Waals surface area (Å²) in [6, 6.07) is 66.8. The third-order valence-electron chi connectivity index (χ3n) is 9.25. The minimum absolute atomic E-state index is 0.913. The highest BCUT2D eigenvalue weighted by Gasteiger charge is 2.17. The molecule has 9 rings (SSSR count). The van der Waals surface area contributed by atoms with Crippen molar-refractivity contribution in [3.8, 4) is 33.4 Å². The van der Waals surface area contributed by atoms with Crippen LogP contribution < -0.4 is 4.90 Å². The van der Waals surface area contributed by atoms with Crippen LogP contribution in [-0.4, -0.2) is 0 Å². The van der Waals surface area contributed by atoms with Gasteiger partial charge in [-0.25, -0.2) is 0 Å². The standard InChI is InChI=1S/C46H31NO/c1-4-13-32(14-5-1)35-17-12-20-39(29-35)47(37-18-8-3-9-19-37)38-26-23-33(24-27-38)36-25-28-40-43(30-36)42(34-15-6-2-7-16-34)31-45-46(40)41-21-10-11-22-44(41)48-45/h1-31H. The molecule has 0 aliphatic rings. The van der Waals surface area contributed by atoms with Crippen LogP contribution in [-0.2, 0) is 0 Å². The van der Waals surface area contributed by atoms with Gasteiger partial charge < -0.3 is 9.32 Å². The van der Waals surface area contributed by atoms with Gasteiger partial charge in [0.25, 0.3) is 0 Å². The van der Waals surface area contributed by atoms with E-state index in [0.717, 1.165) is 33.6 Å². The van der Waals surface area contributed by atoms with Gasteiger partial charge >= 0.3 is 0 Å². The predicted octanol–water partition coefficient (Wildman–Crippen LogP) is 13.2. The minimum Gasteiger partial charge on any atom is -0.456 e. The molecule has 0 saturated heterocycles. The molecular formula is C46H31NO. The summed E-state index contributed by atoms with van der Waals surface area (Å²) >= 11 is 0. The smallest absolute Gasteiger partial charge is 0.136 e. The van der Waals surface area contributed by atoms with Crippen LogP contribution in [0.3, 0.4) is 0 Å². The Morgan fingerprint density at radius 2 is 0.875 bits per heavy atom. The number of anilines is 3. The zero-order chi connectivity index (χ0) is 31.9. The highest BCUT2D eigenvalue weighted by molar-refractivity contribution is 6.22. The lowest BCUT2D eigenvalue weighted by Gasteiger charge is -2.26. The molecule has 48 heavy (non-hydrogen) atoms. The van der Waals surface area contributed by atoms with Crippen molar-refractivity contribution in [1.82, 2.24) is 0 Å². The second-order valence-corrected chi connectivity index (χ2v) is 12.2. The third kappa shape index (κ3) is 4.92. The average Bonchev–Trinajstić information content (AvgIpc) is 3.55. The van der Waals surface area contributed by atoms with E-state index in [1.807, 2.05) is 6.07 Å². The average molecular weight is 614 g/mol. The van der Waals surface area contributed by atoms with Gasteiger partial charge in [0.1, 0.15) is 11.2 Å². The Kier molecular flexibility index (Phi) is 6.84. The SMILES string of the molecule is c1ccc(-c2cccc(N(c3ccccc3)c3ccc(-c4ccc5c(c4)c(-c4ccccc4)cc4oc6ccccc6c45)cc3)c2)cc1. The summed E-state index contributed by atoms with van der Waals surface area (Å²) in [6.45, 7) is 0.